The van der Waals surface area contributed by atoms with Crippen molar-refractivity contribution in [2.45, 2.75) is 46.8 Å². The van der Waals surface area contributed by atoms with Gasteiger partial charge < -0.3 is 5.32 Å². The maximum atomic E-state index is 13.7. The number of anilines is 1. The van der Waals surface area contributed by atoms with Crippen LogP contribution in [0.15, 0.2) is 24.3 Å². The van der Waals surface area contributed by atoms with Gasteiger partial charge in [0.05, 0.1) is 0 Å². The zero-order chi connectivity index (χ0) is 28.3. The topological polar surface area (TPSA) is 29.1 Å². The Labute approximate surface area is 186 Å². The summed E-state index contributed by atoms with van der Waals surface area (Å²) in [6, 6.07) is 1.66. The summed E-state index contributed by atoms with van der Waals surface area (Å²) in [7, 11) is 0. The zero-order valence-corrected chi connectivity index (χ0v) is 16.3. The van der Waals surface area contributed by atoms with E-state index in [1.807, 2.05) is 0 Å². The van der Waals surface area contributed by atoms with Crippen molar-refractivity contribution in [1.82, 2.24) is 0 Å². The predicted octanol–water partition coefficient (Wildman–Crippen LogP) is 7.04. The van der Waals surface area contributed by atoms with Gasteiger partial charge in [-0.05, 0) is 29.8 Å². The van der Waals surface area contributed by atoms with Gasteiger partial charge in [-0.15, -0.1) is 0 Å². The van der Waals surface area contributed by atoms with Crippen molar-refractivity contribution in [3.05, 3.63) is 30.1 Å². The minimum Gasteiger partial charge on any atom is -0.321 e. The highest BCUT2D eigenvalue weighted by Gasteiger charge is 2.95. The molecule has 0 aliphatic rings. The number of halogens is 18. The number of carbonyl (C=O) groups is 1. The zero-order valence-electron chi connectivity index (χ0n) is 15.5. The molecule has 0 saturated heterocycles. The van der Waals surface area contributed by atoms with Crippen molar-refractivity contribution in [2.24, 2.45) is 0 Å². The van der Waals surface area contributed by atoms with Crippen molar-refractivity contribution in [3.8, 4) is 0 Å². The van der Waals surface area contributed by atoms with Gasteiger partial charge in [-0.2, -0.15) is 70.2 Å². The molecule has 1 aromatic carbocycles. The molecular weight excluding hydrogens is 569 g/mol. The highest BCUT2D eigenvalue weighted by atomic mass is 35.5. The van der Waals surface area contributed by atoms with Crippen LogP contribution in [-0.2, 0) is 4.79 Å². The molecule has 0 unspecified atom stereocenters. The first kappa shape index (κ1) is 30.8. The van der Waals surface area contributed by atoms with Crippen LogP contribution in [0.25, 0.3) is 0 Å². The number of nitrogens with one attached hydrogen (secondary N) is 1. The molecule has 202 valence electrons. The van der Waals surface area contributed by atoms with Crippen LogP contribution in [0.5, 0.6) is 0 Å². The molecule has 0 fully saturated rings. The first-order valence-electron chi connectivity index (χ1n) is 7.93. The van der Waals surface area contributed by atoms with E-state index in [1.54, 1.807) is 0 Å². The molecule has 0 bridgehead atoms. The van der Waals surface area contributed by atoms with Gasteiger partial charge in [0.2, 0.25) is 0 Å². The van der Waals surface area contributed by atoms with Gasteiger partial charge in [-0.3, -0.25) is 4.79 Å². The molecule has 0 aliphatic carbocycles. The summed E-state index contributed by atoms with van der Waals surface area (Å²) in [5.74, 6) is -62.5. The largest absolute Gasteiger partial charge is 0.393 e. The standard InChI is InChI=1S/C15H5ClF17NO/c16-15(32,33)14(30,31)13(28,29)12(26,27)11(24,25)10(22,23)9(20,21)8(18,19)7(35)34-6-3-1-2-5(17)4-6/h1-4H,(H,34,35). The molecular formula is C15H5ClF17NO. The van der Waals surface area contributed by atoms with Crippen LogP contribution in [-0.4, -0.2) is 52.7 Å². The molecule has 0 aromatic heterocycles. The fraction of sp³-hybridized carbons (Fsp3) is 0.533. The minimum atomic E-state index is -8.68. The number of amides is 1. The lowest BCUT2D eigenvalue weighted by Crippen LogP contribution is -2.75. The first-order valence-corrected chi connectivity index (χ1v) is 8.31. The smallest absolute Gasteiger partial charge is 0.321 e. The van der Waals surface area contributed by atoms with Gasteiger partial charge in [0.25, 0.3) is 0 Å². The normalized spacial score (nSPS) is 15.3. The Bertz CT molecular complexity index is 955. The second kappa shape index (κ2) is 8.43. The summed E-state index contributed by atoms with van der Waals surface area (Å²) < 4.78 is 226. The second-order valence-corrected chi connectivity index (χ2v) is 6.96. The Morgan fingerprint density at radius 2 is 1.00 bits per heavy atom. The number of carbonyl (C=O) groups excluding carboxylic acids is 1. The lowest BCUT2D eigenvalue weighted by molar-refractivity contribution is -0.445. The Balaban J connectivity index is 3.58. The fourth-order valence-corrected chi connectivity index (χ4v) is 2.20. The van der Waals surface area contributed by atoms with E-state index in [2.05, 4.69) is 11.6 Å². The van der Waals surface area contributed by atoms with Crippen LogP contribution in [0.1, 0.15) is 0 Å². The van der Waals surface area contributed by atoms with Crippen molar-refractivity contribution >= 4 is 23.2 Å². The van der Waals surface area contributed by atoms with E-state index in [4.69, 9.17) is 0 Å². The van der Waals surface area contributed by atoms with Gasteiger partial charge in [0, 0.05) is 5.69 Å². The Morgan fingerprint density at radius 3 is 1.37 bits per heavy atom. The van der Waals surface area contributed by atoms with Crippen LogP contribution in [0.2, 0.25) is 0 Å². The van der Waals surface area contributed by atoms with E-state index in [1.165, 1.54) is 0 Å². The van der Waals surface area contributed by atoms with E-state index >= 15 is 0 Å². The molecule has 2 nitrogen and oxygen atoms in total. The number of rotatable bonds is 9. The third-order valence-electron chi connectivity index (χ3n) is 4.09. The second-order valence-electron chi connectivity index (χ2n) is 6.48. The average molecular weight is 574 g/mol. The molecule has 0 aliphatic heterocycles. The average Bonchev–Trinajstić information content (AvgIpc) is 2.66. The minimum absolute atomic E-state index is 0.0714. The Morgan fingerprint density at radius 1 is 0.629 bits per heavy atom. The number of hydrogen-bond donors (Lipinski definition) is 1. The first-order chi connectivity index (χ1) is 15.1. The molecule has 1 rings (SSSR count). The Hall–Kier alpha value is -2.21. The highest BCUT2D eigenvalue weighted by Crippen LogP contribution is 2.64. The molecule has 1 aromatic rings. The molecule has 0 radical (unpaired) electrons. The molecule has 1 amide bonds. The van der Waals surface area contributed by atoms with E-state index < -0.39 is 64.3 Å². The molecule has 35 heavy (non-hydrogen) atoms. The van der Waals surface area contributed by atoms with Crippen LogP contribution in [0.4, 0.5) is 80.3 Å². The van der Waals surface area contributed by atoms with Crippen LogP contribution < -0.4 is 5.32 Å². The number of hydrogen-bond acceptors (Lipinski definition) is 1. The maximum Gasteiger partial charge on any atom is 0.393 e. The Kier molecular flexibility index (Phi) is 7.42. The van der Waals surface area contributed by atoms with Gasteiger partial charge in [0.15, 0.2) is 0 Å². The summed E-state index contributed by atoms with van der Waals surface area (Å²) >= 11 is 3.40. The molecule has 0 heterocycles. The molecule has 0 saturated carbocycles. The third-order valence-corrected chi connectivity index (χ3v) is 4.33. The van der Waals surface area contributed by atoms with Crippen LogP contribution in [0.3, 0.4) is 0 Å². The highest BCUT2D eigenvalue weighted by molar-refractivity contribution is 6.22. The van der Waals surface area contributed by atoms with Crippen LogP contribution >= 0.6 is 11.6 Å². The summed E-state index contributed by atoms with van der Waals surface area (Å²) in [5.41, 5.74) is -1.22. The van der Waals surface area contributed by atoms with E-state index in [9.17, 15) is 79.4 Å². The van der Waals surface area contributed by atoms with Crippen molar-refractivity contribution in [3.63, 3.8) is 0 Å². The predicted molar refractivity (Wildman–Crippen MR) is 80.5 cm³/mol. The third kappa shape index (κ3) is 4.32. The summed E-state index contributed by atoms with van der Waals surface area (Å²) in [5, 5.41) is -6.28. The van der Waals surface area contributed by atoms with Gasteiger partial charge in [0.1, 0.15) is 5.82 Å². The SMILES string of the molecule is O=C(Nc1cccc(F)c1)C(F)(F)C(F)(F)C(F)(F)C(F)(F)C(F)(F)C(F)(F)C(F)(F)C(F)(F)Cl. The van der Waals surface area contributed by atoms with Gasteiger partial charge in [-0.25, -0.2) is 4.39 Å². The molecule has 20 heteroatoms. The van der Waals surface area contributed by atoms with Crippen molar-refractivity contribution in [1.29, 1.82) is 0 Å². The van der Waals surface area contributed by atoms with Crippen molar-refractivity contribution in [2.75, 3.05) is 5.32 Å². The van der Waals surface area contributed by atoms with Crippen LogP contribution in [0, 0.1) is 5.82 Å². The van der Waals surface area contributed by atoms with Crippen molar-refractivity contribution < 1.29 is 79.4 Å². The van der Waals surface area contributed by atoms with Gasteiger partial charge in [-0.1, -0.05) is 6.07 Å². The monoisotopic (exact) mass is 573 g/mol. The van der Waals surface area contributed by atoms with Gasteiger partial charge >= 0.3 is 52.7 Å². The summed E-state index contributed by atoms with van der Waals surface area (Å²) in [6.45, 7) is 0. The lowest BCUT2D eigenvalue weighted by Gasteiger charge is -2.42. The molecule has 0 spiro atoms. The fourth-order valence-electron chi connectivity index (χ4n) is 2.08. The lowest BCUT2D eigenvalue weighted by atomic mass is 9.89. The molecule has 1 N–H and O–H groups in total. The molecule has 0 atom stereocenters. The number of alkyl halides is 17. The van der Waals surface area contributed by atoms with E-state index in [0.29, 0.717) is 23.5 Å². The number of benzene rings is 1. The van der Waals surface area contributed by atoms with E-state index in [0.717, 1.165) is 0 Å². The quantitative estimate of drug-likeness (QED) is 0.249. The van der Waals surface area contributed by atoms with E-state index in [-0.39, 0.29) is 6.07 Å². The summed E-state index contributed by atoms with van der Waals surface area (Å²) in [6.07, 6.45) is 0. The summed E-state index contributed by atoms with van der Waals surface area (Å²) in [4.78, 5) is 11.3. The maximum absolute atomic E-state index is 13.7.